The van der Waals surface area contributed by atoms with Crippen LogP contribution in [0.15, 0.2) is 0 Å². The molecular weight excluding hydrogens is 172 g/mol. The Bertz CT molecular complexity index is 169. The van der Waals surface area contributed by atoms with Gasteiger partial charge in [0.25, 0.3) is 0 Å². The zero-order valence-corrected chi connectivity index (χ0v) is 9.44. The average molecular weight is 196 g/mol. The van der Waals surface area contributed by atoms with Crippen LogP contribution < -0.4 is 10.6 Å². The van der Waals surface area contributed by atoms with Crippen LogP contribution >= 0.6 is 0 Å². The van der Waals surface area contributed by atoms with Gasteiger partial charge in [0.15, 0.2) is 0 Å². The monoisotopic (exact) mass is 196 g/mol. The van der Waals surface area contributed by atoms with E-state index in [2.05, 4.69) is 17.6 Å². The lowest BCUT2D eigenvalue weighted by Crippen LogP contribution is -2.40. The summed E-state index contributed by atoms with van der Waals surface area (Å²) in [4.78, 5) is 0. The first kappa shape index (κ1) is 10.4. The van der Waals surface area contributed by atoms with Gasteiger partial charge in [0.1, 0.15) is 0 Å². The van der Waals surface area contributed by atoms with E-state index in [0.29, 0.717) is 5.54 Å². The summed E-state index contributed by atoms with van der Waals surface area (Å²) in [5.41, 5.74) is 0.472. The van der Waals surface area contributed by atoms with Crippen LogP contribution in [0.4, 0.5) is 0 Å². The van der Waals surface area contributed by atoms with Crippen molar-refractivity contribution in [1.82, 2.24) is 10.6 Å². The first-order valence-electron chi connectivity index (χ1n) is 6.27. The highest BCUT2D eigenvalue weighted by molar-refractivity contribution is 4.88. The van der Waals surface area contributed by atoms with Crippen molar-refractivity contribution in [3.8, 4) is 0 Å². The van der Waals surface area contributed by atoms with Gasteiger partial charge in [-0.3, -0.25) is 0 Å². The van der Waals surface area contributed by atoms with E-state index in [1.165, 1.54) is 58.0 Å². The molecule has 0 unspecified atom stereocenters. The van der Waals surface area contributed by atoms with E-state index in [0.717, 1.165) is 6.04 Å². The fourth-order valence-electron chi connectivity index (χ4n) is 2.40. The number of hydrogen-bond donors (Lipinski definition) is 2. The van der Waals surface area contributed by atoms with E-state index in [1.807, 2.05) is 0 Å². The minimum atomic E-state index is 0.472. The van der Waals surface area contributed by atoms with E-state index in [-0.39, 0.29) is 0 Å². The molecule has 2 heteroatoms. The maximum absolute atomic E-state index is 3.71. The zero-order valence-electron chi connectivity index (χ0n) is 9.44. The topological polar surface area (TPSA) is 24.1 Å². The van der Waals surface area contributed by atoms with Crippen molar-refractivity contribution in [1.29, 1.82) is 0 Å². The van der Waals surface area contributed by atoms with Crippen molar-refractivity contribution in [3.63, 3.8) is 0 Å². The molecule has 0 bridgehead atoms. The van der Waals surface area contributed by atoms with Crippen molar-refractivity contribution < 1.29 is 0 Å². The Morgan fingerprint density at radius 2 is 1.86 bits per heavy atom. The van der Waals surface area contributed by atoms with E-state index in [1.54, 1.807) is 0 Å². The fourth-order valence-corrected chi connectivity index (χ4v) is 2.40. The quantitative estimate of drug-likeness (QED) is 0.635. The number of nitrogens with one attached hydrogen (secondary N) is 2. The highest BCUT2D eigenvalue weighted by atomic mass is 15.0. The third-order valence-electron chi connectivity index (χ3n) is 3.62. The first-order chi connectivity index (χ1) is 6.79. The van der Waals surface area contributed by atoms with Crippen LogP contribution in [0.25, 0.3) is 0 Å². The molecule has 82 valence electrons. The molecule has 0 aromatic rings. The Kier molecular flexibility index (Phi) is 3.45. The summed E-state index contributed by atoms with van der Waals surface area (Å²) in [6.07, 6.45) is 9.70. The lowest BCUT2D eigenvalue weighted by Gasteiger charge is -2.25. The molecule has 0 aromatic heterocycles. The summed E-state index contributed by atoms with van der Waals surface area (Å²) in [7, 11) is 0. The van der Waals surface area contributed by atoms with Gasteiger partial charge in [-0.05, 0) is 52.1 Å². The molecule has 2 saturated carbocycles. The van der Waals surface area contributed by atoms with Crippen LogP contribution in [0, 0.1) is 0 Å². The molecule has 0 amide bonds. The highest BCUT2D eigenvalue weighted by Gasteiger charge is 2.27. The third-order valence-corrected chi connectivity index (χ3v) is 3.62. The van der Waals surface area contributed by atoms with E-state index >= 15 is 0 Å². The summed E-state index contributed by atoms with van der Waals surface area (Å²) < 4.78 is 0. The summed E-state index contributed by atoms with van der Waals surface area (Å²) in [6.45, 7) is 4.78. The molecule has 2 fully saturated rings. The maximum Gasteiger partial charge on any atom is 0.0153 e. The van der Waals surface area contributed by atoms with Crippen LogP contribution in [-0.2, 0) is 0 Å². The molecule has 2 N–H and O–H groups in total. The van der Waals surface area contributed by atoms with Gasteiger partial charge in [0, 0.05) is 11.6 Å². The lowest BCUT2D eigenvalue weighted by molar-refractivity contribution is 0.361. The van der Waals surface area contributed by atoms with Gasteiger partial charge in [-0.2, -0.15) is 0 Å². The van der Waals surface area contributed by atoms with Gasteiger partial charge in [0.05, 0.1) is 0 Å². The highest BCUT2D eigenvalue weighted by Crippen LogP contribution is 2.28. The third kappa shape index (κ3) is 3.25. The van der Waals surface area contributed by atoms with E-state index in [4.69, 9.17) is 0 Å². The molecule has 0 saturated heterocycles. The Hall–Kier alpha value is -0.0800. The van der Waals surface area contributed by atoms with Crippen LogP contribution in [-0.4, -0.2) is 24.7 Å². The Balaban J connectivity index is 1.48. The van der Waals surface area contributed by atoms with Gasteiger partial charge < -0.3 is 10.6 Å². The molecule has 0 heterocycles. The largest absolute Gasteiger partial charge is 0.314 e. The van der Waals surface area contributed by atoms with Crippen molar-refractivity contribution in [2.45, 2.75) is 63.5 Å². The number of rotatable bonds is 6. The second-order valence-corrected chi connectivity index (χ2v) is 5.28. The van der Waals surface area contributed by atoms with Crippen LogP contribution in [0.5, 0.6) is 0 Å². The molecule has 0 aromatic carbocycles. The molecule has 0 atom stereocenters. The first-order valence-corrected chi connectivity index (χ1v) is 6.27. The van der Waals surface area contributed by atoms with Gasteiger partial charge >= 0.3 is 0 Å². The van der Waals surface area contributed by atoms with Crippen molar-refractivity contribution >= 4 is 0 Å². The summed E-state index contributed by atoms with van der Waals surface area (Å²) in [6, 6.07) is 0.872. The summed E-state index contributed by atoms with van der Waals surface area (Å²) in [5, 5.41) is 7.27. The zero-order chi connectivity index (χ0) is 9.86. The molecule has 2 aliphatic carbocycles. The second kappa shape index (κ2) is 4.63. The second-order valence-electron chi connectivity index (χ2n) is 5.28. The van der Waals surface area contributed by atoms with Crippen LogP contribution in [0.3, 0.4) is 0 Å². The normalized spacial score (nSPS) is 25.5. The van der Waals surface area contributed by atoms with Crippen LogP contribution in [0.1, 0.15) is 51.9 Å². The van der Waals surface area contributed by atoms with Crippen LogP contribution in [0.2, 0.25) is 0 Å². The standard InChI is InChI=1S/C12H24N2/c1-12(7-2-3-8-12)14-10-4-9-13-11-5-6-11/h11,13-14H,2-10H2,1H3. The van der Waals surface area contributed by atoms with Crippen molar-refractivity contribution in [2.24, 2.45) is 0 Å². The van der Waals surface area contributed by atoms with Gasteiger partial charge in [-0.25, -0.2) is 0 Å². The fraction of sp³-hybridized carbons (Fsp3) is 1.00. The smallest absolute Gasteiger partial charge is 0.0153 e. The molecular formula is C12H24N2. The van der Waals surface area contributed by atoms with E-state index in [9.17, 15) is 0 Å². The Morgan fingerprint density at radius 3 is 2.50 bits per heavy atom. The predicted octanol–water partition coefficient (Wildman–Crippen LogP) is 2.05. The van der Waals surface area contributed by atoms with E-state index < -0.39 is 0 Å². The minimum Gasteiger partial charge on any atom is -0.314 e. The predicted molar refractivity (Wildman–Crippen MR) is 60.5 cm³/mol. The Labute approximate surface area is 87.8 Å². The lowest BCUT2D eigenvalue weighted by atomic mass is 10.0. The van der Waals surface area contributed by atoms with Gasteiger partial charge in [-0.1, -0.05) is 12.8 Å². The molecule has 0 spiro atoms. The molecule has 14 heavy (non-hydrogen) atoms. The maximum atomic E-state index is 3.71. The number of hydrogen-bond acceptors (Lipinski definition) is 2. The molecule has 2 aliphatic rings. The molecule has 2 nitrogen and oxygen atoms in total. The Morgan fingerprint density at radius 1 is 1.14 bits per heavy atom. The van der Waals surface area contributed by atoms with Gasteiger partial charge in [0.2, 0.25) is 0 Å². The molecule has 0 radical (unpaired) electrons. The minimum absolute atomic E-state index is 0.472. The van der Waals surface area contributed by atoms with Gasteiger partial charge in [-0.15, -0.1) is 0 Å². The molecule has 0 aliphatic heterocycles. The molecule has 2 rings (SSSR count). The average Bonchev–Trinajstić information content (AvgIpc) is 2.89. The van der Waals surface area contributed by atoms with Crippen molar-refractivity contribution in [2.75, 3.05) is 13.1 Å². The SMILES string of the molecule is CC1(NCCCNC2CC2)CCCC1. The van der Waals surface area contributed by atoms with Crippen molar-refractivity contribution in [3.05, 3.63) is 0 Å². The summed E-state index contributed by atoms with van der Waals surface area (Å²) >= 11 is 0. The summed E-state index contributed by atoms with van der Waals surface area (Å²) in [5.74, 6) is 0.